The van der Waals surface area contributed by atoms with Gasteiger partial charge in [0.25, 0.3) is 0 Å². The molecule has 5 heteroatoms. The van der Waals surface area contributed by atoms with Crippen molar-refractivity contribution >= 4 is 11.8 Å². The Kier molecular flexibility index (Phi) is 4.44. The fourth-order valence-corrected chi connectivity index (χ4v) is 1.51. The number of ketones is 1. The molecule has 1 rings (SSSR count). The molecule has 16 heavy (non-hydrogen) atoms. The van der Waals surface area contributed by atoms with Crippen LogP contribution in [0.25, 0.3) is 0 Å². The Morgan fingerprint density at radius 2 is 2.25 bits per heavy atom. The maximum absolute atomic E-state index is 11.5. The summed E-state index contributed by atoms with van der Waals surface area (Å²) in [6, 6.07) is 0. The third-order valence-electron chi connectivity index (χ3n) is 2.39. The van der Waals surface area contributed by atoms with Crippen LogP contribution in [0.5, 0.6) is 0 Å². The average Bonchev–Trinajstić information content (AvgIpc) is 2.17. The number of hydrogen-bond donors (Lipinski definition) is 1. The number of esters is 1. The predicted octanol–water partition coefficient (Wildman–Crippen LogP) is 0.293. The van der Waals surface area contributed by atoms with Gasteiger partial charge in [0.15, 0.2) is 6.10 Å². The minimum atomic E-state index is -1.19. The largest absolute Gasteiger partial charge is 0.451 e. The maximum Gasteiger partial charge on any atom is 0.306 e. The van der Waals surface area contributed by atoms with Gasteiger partial charge in [0.05, 0.1) is 12.7 Å². The quantitative estimate of drug-likeness (QED) is 0.706. The highest BCUT2D eigenvalue weighted by atomic mass is 16.6. The van der Waals surface area contributed by atoms with Crippen LogP contribution in [0, 0.1) is 5.92 Å². The van der Waals surface area contributed by atoms with E-state index < -0.39 is 30.1 Å². The molecule has 92 valence electrons. The summed E-state index contributed by atoms with van der Waals surface area (Å²) in [6.45, 7) is 5.40. The summed E-state index contributed by atoms with van der Waals surface area (Å²) in [5, 5.41) is 9.29. The van der Waals surface area contributed by atoms with Crippen molar-refractivity contribution in [1.29, 1.82) is 0 Å². The van der Waals surface area contributed by atoms with Gasteiger partial charge in [0.2, 0.25) is 5.78 Å². The zero-order valence-electron chi connectivity index (χ0n) is 9.80. The van der Waals surface area contributed by atoms with E-state index in [-0.39, 0.29) is 18.9 Å². The van der Waals surface area contributed by atoms with Gasteiger partial charge in [-0.3, -0.25) is 9.59 Å². The summed E-state index contributed by atoms with van der Waals surface area (Å²) in [4.78, 5) is 23.0. The van der Waals surface area contributed by atoms with Gasteiger partial charge in [0.1, 0.15) is 6.10 Å². The molecular formula is C11H18O5. The van der Waals surface area contributed by atoms with Crippen LogP contribution in [-0.2, 0) is 19.1 Å². The van der Waals surface area contributed by atoms with Crippen LogP contribution in [0.4, 0.5) is 0 Å². The van der Waals surface area contributed by atoms with Gasteiger partial charge < -0.3 is 14.6 Å². The second-order valence-electron chi connectivity index (χ2n) is 4.47. The van der Waals surface area contributed by atoms with Gasteiger partial charge in [-0.25, -0.2) is 0 Å². The zero-order valence-corrected chi connectivity index (χ0v) is 9.80. The number of ether oxygens (including phenoxy) is 2. The monoisotopic (exact) mass is 230 g/mol. The van der Waals surface area contributed by atoms with E-state index in [2.05, 4.69) is 0 Å². The van der Waals surface area contributed by atoms with Gasteiger partial charge in [-0.15, -0.1) is 0 Å². The van der Waals surface area contributed by atoms with Crippen molar-refractivity contribution in [3.8, 4) is 0 Å². The van der Waals surface area contributed by atoms with Gasteiger partial charge in [-0.1, -0.05) is 13.8 Å². The summed E-state index contributed by atoms with van der Waals surface area (Å²) in [6.07, 6.45) is -2.40. The van der Waals surface area contributed by atoms with Gasteiger partial charge >= 0.3 is 5.97 Å². The highest BCUT2D eigenvalue weighted by molar-refractivity contribution is 5.90. The average molecular weight is 230 g/mol. The first-order valence-electron chi connectivity index (χ1n) is 5.44. The fraction of sp³-hybridized carbons (Fsp3) is 0.818. The van der Waals surface area contributed by atoms with Gasteiger partial charge in [0, 0.05) is 6.42 Å². The molecule has 1 heterocycles. The van der Waals surface area contributed by atoms with Crippen molar-refractivity contribution in [3.63, 3.8) is 0 Å². The molecule has 0 aromatic heterocycles. The van der Waals surface area contributed by atoms with Crippen molar-refractivity contribution in [1.82, 2.24) is 0 Å². The highest BCUT2D eigenvalue weighted by Gasteiger charge is 2.38. The summed E-state index contributed by atoms with van der Waals surface area (Å²) >= 11 is 0. The van der Waals surface area contributed by atoms with Crippen LogP contribution in [0.2, 0.25) is 0 Å². The molecule has 0 aromatic rings. The Hall–Kier alpha value is -0.940. The van der Waals surface area contributed by atoms with E-state index >= 15 is 0 Å². The molecule has 0 bridgehead atoms. The lowest BCUT2D eigenvalue weighted by Gasteiger charge is -2.30. The van der Waals surface area contributed by atoms with E-state index in [9.17, 15) is 14.7 Å². The number of aliphatic hydroxyl groups is 1. The van der Waals surface area contributed by atoms with Crippen LogP contribution < -0.4 is 0 Å². The Morgan fingerprint density at radius 3 is 2.81 bits per heavy atom. The van der Waals surface area contributed by atoms with Crippen LogP contribution in [0.1, 0.15) is 27.2 Å². The highest BCUT2D eigenvalue weighted by Crippen LogP contribution is 2.16. The second-order valence-corrected chi connectivity index (χ2v) is 4.47. The van der Waals surface area contributed by atoms with Crippen molar-refractivity contribution < 1.29 is 24.2 Å². The van der Waals surface area contributed by atoms with E-state index in [1.54, 1.807) is 6.92 Å². The first-order chi connectivity index (χ1) is 7.41. The fourth-order valence-electron chi connectivity index (χ4n) is 1.51. The van der Waals surface area contributed by atoms with Crippen molar-refractivity contribution in [2.24, 2.45) is 5.92 Å². The number of Topliss-reactive ketones (excluding diaryl/α,β-unsaturated/α-hetero) is 1. The second kappa shape index (κ2) is 5.41. The van der Waals surface area contributed by atoms with Crippen molar-refractivity contribution in [3.05, 3.63) is 0 Å². The number of aliphatic hydroxyl groups excluding tert-OH is 1. The number of rotatable bonds is 3. The molecule has 1 N–H and O–H groups in total. The molecule has 1 aliphatic rings. The Morgan fingerprint density at radius 1 is 1.62 bits per heavy atom. The standard InChI is InChI=1S/C11H18O5/c1-6(2)4-9(13)16-11-7(3)15-5-8(12)10(11)14/h6-8,11-12H,4-5H2,1-3H3. The van der Waals surface area contributed by atoms with E-state index in [4.69, 9.17) is 9.47 Å². The summed E-state index contributed by atoms with van der Waals surface area (Å²) in [5.74, 6) is -0.735. The maximum atomic E-state index is 11.5. The molecule has 5 nitrogen and oxygen atoms in total. The first-order valence-corrected chi connectivity index (χ1v) is 5.44. The zero-order chi connectivity index (χ0) is 12.3. The molecule has 1 aliphatic heterocycles. The third-order valence-corrected chi connectivity index (χ3v) is 2.39. The normalized spacial score (nSPS) is 30.6. The first kappa shape index (κ1) is 13.1. The number of hydrogen-bond acceptors (Lipinski definition) is 5. The molecule has 0 aliphatic carbocycles. The topological polar surface area (TPSA) is 72.8 Å². The Balaban J connectivity index is 2.56. The molecule has 3 unspecified atom stereocenters. The molecule has 0 spiro atoms. The smallest absolute Gasteiger partial charge is 0.306 e. The molecule has 1 saturated heterocycles. The van der Waals surface area contributed by atoms with Crippen molar-refractivity contribution in [2.75, 3.05) is 6.61 Å². The molecule has 0 aromatic carbocycles. The van der Waals surface area contributed by atoms with Gasteiger partial charge in [-0.05, 0) is 12.8 Å². The lowest BCUT2D eigenvalue weighted by atomic mass is 10.0. The SMILES string of the molecule is CC(C)CC(=O)OC1C(=O)C(O)COC1C. The molecule has 3 atom stereocenters. The molecule has 0 saturated carbocycles. The van der Waals surface area contributed by atoms with E-state index in [0.29, 0.717) is 0 Å². The summed E-state index contributed by atoms with van der Waals surface area (Å²) in [5.41, 5.74) is 0. The molecule has 1 fully saturated rings. The van der Waals surface area contributed by atoms with Crippen LogP contribution in [-0.4, -0.2) is 41.8 Å². The number of carbonyl (C=O) groups is 2. The Labute approximate surface area is 94.7 Å². The van der Waals surface area contributed by atoms with E-state index in [1.807, 2.05) is 13.8 Å². The minimum absolute atomic E-state index is 0.0295. The summed E-state index contributed by atoms with van der Waals surface area (Å²) < 4.78 is 10.2. The van der Waals surface area contributed by atoms with E-state index in [0.717, 1.165) is 0 Å². The Bertz CT molecular complexity index is 274. The van der Waals surface area contributed by atoms with Gasteiger partial charge in [-0.2, -0.15) is 0 Å². The lowest BCUT2D eigenvalue weighted by molar-refractivity contribution is -0.180. The summed E-state index contributed by atoms with van der Waals surface area (Å²) in [7, 11) is 0. The predicted molar refractivity (Wildman–Crippen MR) is 55.8 cm³/mol. The number of carbonyl (C=O) groups excluding carboxylic acids is 2. The van der Waals surface area contributed by atoms with Crippen LogP contribution >= 0.6 is 0 Å². The van der Waals surface area contributed by atoms with Crippen LogP contribution in [0.15, 0.2) is 0 Å². The van der Waals surface area contributed by atoms with E-state index in [1.165, 1.54) is 0 Å². The molecule has 0 amide bonds. The van der Waals surface area contributed by atoms with Crippen LogP contribution in [0.3, 0.4) is 0 Å². The third kappa shape index (κ3) is 3.28. The molecule has 0 radical (unpaired) electrons. The molecular weight excluding hydrogens is 212 g/mol. The minimum Gasteiger partial charge on any atom is -0.451 e. The van der Waals surface area contributed by atoms with Crippen molar-refractivity contribution in [2.45, 2.75) is 45.5 Å². The lowest BCUT2D eigenvalue weighted by Crippen LogP contribution is -2.50.